The summed E-state index contributed by atoms with van der Waals surface area (Å²) in [5, 5.41) is 3.28. The third kappa shape index (κ3) is 3.28. The van der Waals surface area contributed by atoms with Gasteiger partial charge >= 0.3 is 0 Å². The van der Waals surface area contributed by atoms with Gasteiger partial charge in [0.1, 0.15) is 5.75 Å². The topological polar surface area (TPSA) is 41.6 Å². The van der Waals surface area contributed by atoms with Crippen molar-refractivity contribution in [2.45, 2.75) is 25.3 Å². The van der Waals surface area contributed by atoms with E-state index in [9.17, 15) is 4.79 Å². The molecular formula is C14H19BrN2O2. The van der Waals surface area contributed by atoms with Crippen LogP contribution in [0.15, 0.2) is 22.7 Å². The molecule has 1 atom stereocenters. The number of halogens is 1. The summed E-state index contributed by atoms with van der Waals surface area (Å²) in [5.41, 5.74) is 0.786. The number of nitrogens with one attached hydrogen (secondary N) is 1. The standard InChI is InChI=1S/C14H19BrN2O2/c1-17(14(18)11-5-3-4-8-16-11)12-9-10(15)6-7-13(12)19-2/h6-7,9,11,16H,3-5,8H2,1-2H3. The number of likely N-dealkylation sites (N-methyl/N-ethyl adjacent to an activating group) is 1. The summed E-state index contributed by atoms with van der Waals surface area (Å²) in [6.45, 7) is 0.917. The molecule has 104 valence electrons. The minimum Gasteiger partial charge on any atom is -0.495 e. The molecule has 1 saturated heterocycles. The molecule has 0 bridgehead atoms. The number of piperidine rings is 1. The number of ether oxygens (including phenoxy) is 1. The van der Waals surface area contributed by atoms with E-state index in [0.29, 0.717) is 5.75 Å². The molecule has 0 saturated carbocycles. The Balaban J connectivity index is 2.20. The van der Waals surface area contributed by atoms with Gasteiger partial charge in [0.25, 0.3) is 0 Å². The van der Waals surface area contributed by atoms with Crippen LogP contribution in [0, 0.1) is 0 Å². The molecule has 1 N–H and O–H groups in total. The van der Waals surface area contributed by atoms with E-state index in [0.717, 1.165) is 36.0 Å². The van der Waals surface area contributed by atoms with E-state index in [1.54, 1.807) is 19.1 Å². The smallest absolute Gasteiger partial charge is 0.243 e. The summed E-state index contributed by atoms with van der Waals surface area (Å²) in [6.07, 6.45) is 3.15. The third-order valence-corrected chi connectivity index (χ3v) is 3.93. The van der Waals surface area contributed by atoms with Crippen molar-refractivity contribution >= 4 is 27.5 Å². The number of benzene rings is 1. The fourth-order valence-corrected chi connectivity index (χ4v) is 2.69. The van der Waals surface area contributed by atoms with Crippen LogP contribution in [0.3, 0.4) is 0 Å². The predicted molar refractivity (Wildman–Crippen MR) is 79.7 cm³/mol. The van der Waals surface area contributed by atoms with Crippen LogP contribution < -0.4 is 15.0 Å². The maximum atomic E-state index is 12.5. The van der Waals surface area contributed by atoms with Gasteiger partial charge in [-0.1, -0.05) is 22.4 Å². The van der Waals surface area contributed by atoms with Crippen LogP contribution in [0.2, 0.25) is 0 Å². The normalized spacial score (nSPS) is 19.0. The van der Waals surface area contributed by atoms with Gasteiger partial charge in [-0.3, -0.25) is 4.79 Å². The Bertz CT molecular complexity index is 459. The van der Waals surface area contributed by atoms with Gasteiger partial charge in [0, 0.05) is 11.5 Å². The number of nitrogens with zero attached hydrogens (tertiary/aromatic N) is 1. The fourth-order valence-electron chi connectivity index (χ4n) is 2.34. The number of methoxy groups -OCH3 is 1. The molecule has 0 aromatic heterocycles. The lowest BCUT2D eigenvalue weighted by Crippen LogP contribution is -2.47. The Labute approximate surface area is 122 Å². The highest BCUT2D eigenvalue weighted by molar-refractivity contribution is 9.10. The van der Waals surface area contributed by atoms with E-state index in [-0.39, 0.29) is 11.9 Å². The highest BCUT2D eigenvalue weighted by Crippen LogP contribution is 2.31. The Hall–Kier alpha value is -1.07. The molecular weight excluding hydrogens is 308 g/mol. The number of carbonyl (C=O) groups excluding carboxylic acids is 1. The molecule has 0 radical (unpaired) electrons. The summed E-state index contributed by atoms with van der Waals surface area (Å²) in [4.78, 5) is 14.1. The summed E-state index contributed by atoms with van der Waals surface area (Å²) in [5.74, 6) is 0.797. The second kappa shape index (κ2) is 6.39. The highest BCUT2D eigenvalue weighted by Gasteiger charge is 2.25. The van der Waals surface area contributed by atoms with Crippen LogP contribution in [-0.4, -0.2) is 32.7 Å². The second-order valence-corrected chi connectivity index (χ2v) is 5.63. The zero-order valence-corrected chi connectivity index (χ0v) is 12.9. The first-order chi connectivity index (χ1) is 9.13. The monoisotopic (exact) mass is 326 g/mol. The molecule has 19 heavy (non-hydrogen) atoms. The Kier molecular flexibility index (Phi) is 4.82. The quantitative estimate of drug-likeness (QED) is 0.928. The van der Waals surface area contributed by atoms with E-state index in [1.807, 2.05) is 18.2 Å². The largest absolute Gasteiger partial charge is 0.495 e. The van der Waals surface area contributed by atoms with Crippen LogP contribution in [0.1, 0.15) is 19.3 Å². The molecule has 1 unspecified atom stereocenters. The average Bonchev–Trinajstić information content (AvgIpc) is 2.46. The molecule has 1 aromatic rings. The van der Waals surface area contributed by atoms with Gasteiger partial charge in [-0.05, 0) is 37.6 Å². The molecule has 1 fully saturated rings. The Morgan fingerprint density at radius 3 is 2.89 bits per heavy atom. The van der Waals surface area contributed by atoms with Crippen molar-refractivity contribution in [3.63, 3.8) is 0 Å². The molecule has 0 aliphatic carbocycles. The van der Waals surface area contributed by atoms with Crippen LogP contribution in [-0.2, 0) is 4.79 Å². The highest BCUT2D eigenvalue weighted by atomic mass is 79.9. The van der Waals surface area contributed by atoms with Gasteiger partial charge in [-0.2, -0.15) is 0 Å². The summed E-state index contributed by atoms with van der Waals surface area (Å²) in [7, 11) is 3.41. The van der Waals surface area contributed by atoms with Crippen molar-refractivity contribution < 1.29 is 9.53 Å². The first kappa shape index (κ1) is 14.3. The van der Waals surface area contributed by atoms with E-state index in [4.69, 9.17) is 4.74 Å². The van der Waals surface area contributed by atoms with Crippen LogP contribution in [0.4, 0.5) is 5.69 Å². The van der Waals surface area contributed by atoms with Crippen molar-refractivity contribution in [2.24, 2.45) is 0 Å². The predicted octanol–water partition coefficient (Wildman–Crippen LogP) is 2.56. The molecule has 1 aliphatic heterocycles. The molecule has 0 spiro atoms. The fraction of sp³-hybridized carbons (Fsp3) is 0.500. The zero-order valence-electron chi connectivity index (χ0n) is 11.3. The minimum atomic E-state index is -0.0811. The van der Waals surface area contributed by atoms with E-state index >= 15 is 0 Å². The number of amides is 1. The van der Waals surface area contributed by atoms with Crippen LogP contribution in [0.5, 0.6) is 5.75 Å². The van der Waals surface area contributed by atoms with E-state index in [2.05, 4.69) is 21.2 Å². The molecule has 1 aromatic carbocycles. The lowest BCUT2D eigenvalue weighted by atomic mass is 10.0. The van der Waals surface area contributed by atoms with Crippen LogP contribution >= 0.6 is 15.9 Å². The summed E-state index contributed by atoms with van der Waals surface area (Å²) < 4.78 is 6.25. The number of hydrogen-bond donors (Lipinski definition) is 1. The number of carbonyl (C=O) groups is 1. The van der Waals surface area contributed by atoms with E-state index < -0.39 is 0 Å². The van der Waals surface area contributed by atoms with Gasteiger partial charge in [0.05, 0.1) is 18.8 Å². The van der Waals surface area contributed by atoms with Crippen LogP contribution in [0.25, 0.3) is 0 Å². The van der Waals surface area contributed by atoms with Gasteiger partial charge in [0.2, 0.25) is 5.91 Å². The lowest BCUT2D eigenvalue weighted by Gasteiger charge is -2.28. The van der Waals surface area contributed by atoms with Gasteiger partial charge < -0.3 is 15.0 Å². The minimum absolute atomic E-state index is 0.0811. The zero-order chi connectivity index (χ0) is 13.8. The molecule has 1 amide bonds. The lowest BCUT2D eigenvalue weighted by molar-refractivity contribution is -0.120. The van der Waals surface area contributed by atoms with Crippen molar-refractivity contribution in [1.82, 2.24) is 5.32 Å². The van der Waals surface area contributed by atoms with Crippen molar-refractivity contribution in [2.75, 3.05) is 25.6 Å². The maximum Gasteiger partial charge on any atom is 0.243 e. The Morgan fingerprint density at radius 2 is 2.26 bits per heavy atom. The second-order valence-electron chi connectivity index (χ2n) is 4.72. The third-order valence-electron chi connectivity index (χ3n) is 3.44. The van der Waals surface area contributed by atoms with Gasteiger partial charge in [0.15, 0.2) is 0 Å². The number of anilines is 1. The van der Waals surface area contributed by atoms with Gasteiger partial charge in [-0.15, -0.1) is 0 Å². The molecule has 5 heteroatoms. The van der Waals surface area contributed by atoms with Gasteiger partial charge in [-0.25, -0.2) is 0 Å². The van der Waals surface area contributed by atoms with Crippen molar-refractivity contribution in [3.05, 3.63) is 22.7 Å². The Morgan fingerprint density at radius 1 is 1.47 bits per heavy atom. The first-order valence-corrected chi connectivity index (χ1v) is 7.27. The van der Waals surface area contributed by atoms with Crippen molar-refractivity contribution in [3.8, 4) is 5.75 Å². The molecule has 2 rings (SSSR count). The average molecular weight is 327 g/mol. The number of rotatable bonds is 3. The SMILES string of the molecule is COc1ccc(Br)cc1N(C)C(=O)C1CCCCN1. The molecule has 1 heterocycles. The maximum absolute atomic E-state index is 12.5. The molecule has 4 nitrogen and oxygen atoms in total. The molecule has 1 aliphatic rings. The number of hydrogen-bond acceptors (Lipinski definition) is 3. The first-order valence-electron chi connectivity index (χ1n) is 6.48. The van der Waals surface area contributed by atoms with Crippen molar-refractivity contribution in [1.29, 1.82) is 0 Å². The van der Waals surface area contributed by atoms with E-state index in [1.165, 1.54) is 0 Å². The summed E-state index contributed by atoms with van der Waals surface area (Å²) >= 11 is 3.43. The summed E-state index contributed by atoms with van der Waals surface area (Å²) in [6, 6.07) is 5.58.